The minimum Gasteiger partial charge on any atom is -0.342 e. The van der Waals surface area contributed by atoms with Crippen molar-refractivity contribution in [2.75, 3.05) is 6.54 Å². The van der Waals surface area contributed by atoms with Gasteiger partial charge in [0.05, 0.1) is 6.54 Å². The molecule has 4 heteroatoms. The summed E-state index contributed by atoms with van der Waals surface area (Å²) in [4.78, 5) is 27.5. The van der Waals surface area contributed by atoms with Crippen molar-refractivity contribution in [2.24, 2.45) is 0 Å². The molecular formula is C24H22N2O2. The first-order valence-electron chi connectivity index (χ1n) is 9.44. The maximum Gasteiger partial charge on any atom is 0.246 e. The van der Waals surface area contributed by atoms with Crippen LogP contribution in [-0.2, 0) is 16.1 Å². The summed E-state index contributed by atoms with van der Waals surface area (Å²) in [5.74, 6) is -0.420. The molecule has 1 heterocycles. The highest BCUT2D eigenvalue weighted by Crippen LogP contribution is 2.30. The molecule has 1 fully saturated rings. The van der Waals surface area contributed by atoms with Crippen LogP contribution >= 0.6 is 0 Å². The fourth-order valence-electron chi connectivity index (χ4n) is 3.79. The zero-order valence-corrected chi connectivity index (χ0v) is 15.5. The summed E-state index contributed by atoms with van der Waals surface area (Å²) in [6.07, 6.45) is 0. The Balaban J connectivity index is 1.69. The van der Waals surface area contributed by atoms with Crippen molar-refractivity contribution in [2.45, 2.75) is 18.5 Å². The number of nitrogens with zero attached hydrogens (tertiary/aromatic N) is 1. The van der Waals surface area contributed by atoms with Crippen molar-refractivity contribution in [3.63, 3.8) is 0 Å². The van der Waals surface area contributed by atoms with Gasteiger partial charge < -0.3 is 10.2 Å². The van der Waals surface area contributed by atoms with E-state index in [-0.39, 0.29) is 24.3 Å². The molecule has 2 amide bonds. The van der Waals surface area contributed by atoms with Crippen LogP contribution < -0.4 is 5.32 Å². The maximum absolute atomic E-state index is 13.4. The van der Waals surface area contributed by atoms with E-state index in [1.165, 1.54) is 0 Å². The van der Waals surface area contributed by atoms with Gasteiger partial charge in [0.15, 0.2) is 0 Å². The molecule has 140 valence electrons. The minimum absolute atomic E-state index is 0.0545. The van der Waals surface area contributed by atoms with Crippen LogP contribution in [0.15, 0.2) is 91.0 Å². The topological polar surface area (TPSA) is 49.4 Å². The van der Waals surface area contributed by atoms with Crippen LogP contribution in [0, 0.1) is 0 Å². The quantitative estimate of drug-likeness (QED) is 0.749. The molecular weight excluding hydrogens is 348 g/mol. The second-order valence-electron chi connectivity index (χ2n) is 7.02. The largest absolute Gasteiger partial charge is 0.342 e. The van der Waals surface area contributed by atoms with Gasteiger partial charge in [0, 0.05) is 12.5 Å². The Bertz CT molecular complexity index is 903. The lowest BCUT2D eigenvalue weighted by Crippen LogP contribution is -2.59. The Morgan fingerprint density at radius 2 is 1.29 bits per heavy atom. The van der Waals surface area contributed by atoms with E-state index in [9.17, 15) is 9.59 Å². The van der Waals surface area contributed by atoms with Crippen molar-refractivity contribution in [1.82, 2.24) is 10.2 Å². The van der Waals surface area contributed by atoms with Crippen molar-refractivity contribution >= 4 is 11.8 Å². The van der Waals surface area contributed by atoms with E-state index in [0.717, 1.165) is 16.7 Å². The number of piperazine rings is 1. The van der Waals surface area contributed by atoms with Crippen LogP contribution in [-0.4, -0.2) is 29.3 Å². The third-order valence-corrected chi connectivity index (χ3v) is 5.10. The molecule has 1 N–H and O–H groups in total. The van der Waals surface area contributed by atoms with Gasteiger partial charge in [0.1, 0.15) is 6.04 Å². The molecule has 0 radical (unpaired) electrons. The van der Waals surface area contributed by atoms with E-state index in [1.807, 2.05) is 91.0 Å². The van der Waals surface area contributed by atoms with Crippen LogP contribution in [0.5, 0.6) is 0 Å². The summed E-state index contributed by atoms with van der Waals surface area (Å²) in [7, 11) is 0. The number of benzene rings is 3. The van der Waals surface area contributed by atoms with Crippen LogP contribution in [0.3, 0.4) is 0 Å². The lowest BCUT2D eigenvalue weighted by Gasteiger charge is -2.37. The Hall–Kier alpha value is -3.40. The predicted molar refractivity (Wildman–Crippen MR) is 109 cm³/mol. The summed E-state index contributed by atoms with van der Waals surface area (Å²) < 4.78 is 0. The molecule has 3 aromatic rings. The van der Waals surface area contributed by atoms with E-state index >= 15 is 0 Å². The third kappa shape index (κ3) is 3.81. The summed E-state index contributed by atoms with van der Waals surface area (Å²) in [5, 5.41) is 2.95. The first-order chi connectivity index (χ1) is 13.7. The molecule has 1 atom stereocenters. The van der Waals surface area contributed by atoms with Crippen LogP contribution in [0.25, 0.3) is 0 Å². The van der Waals surface area contributed by atoms with Gasteiger partial charge in [-0.2, -0.15) is 0 Å². The highest BCUT2D eigenvalue weighted by Gasteiger charge is 2.39. The fraction of sp³-hybridized carbons (Fsp3) is 0.167. The molecule has 4 nitrogen and oxygen atoms in total. The van der Waals surface area contributed by atoms with Gasteiger partial charge in [0.25, 0.3) is 0 Å². The second-order valence-corrected chi connectivity index (χ2v) is 7.02. The van der Waals surface area contributed by atoms with Gasteiger partial charge in [-0.25, -0.2) is 0 Å². The highest BCUT2D eigenvalue weighted by atomic mass is 16.2. The predicted octanol–water partition coefficient (Wildman–Crippen LogP) is 3.35. The van der Waals surface area contributed by atoms with Gasteiger partial charge >= 0.3 is 0 Å². The number of rotatable bonds is 5. The first-order valence-corrected chi connectivity index (χ1v) is 9.44. The molecule has 1 saturated heterocycles. The molecule has 4 rings (SSSR count). The van der Waals surface area contributed by atoms with E-state index in [1.54, 1.807) is 4.90 Å². The second kappa shape index (κ2) is 8.09. The van der Waals surface area contributed by atoms with E-state index < -0.39 is 6.04 Å². The zero-order chi connectivity index (χ0) is 19.3. The average molecular weight is 370 g/mol. The molecule has 0 spiro atoms. The van der Waals surface area contributed by atoms with Crippen molar-refractivity contribution in [1.29, 1.82) is 0 Å². The molecule has 28 heavy (non-hydrogen) atoms. The van der Waals surface area contributed by atoms with Crippen molar-refractivity contribution < 1.29 is 9.59 Å². The Morgan fingerprint density at radius 3 is 1.82 bits per heavy atom. The van der Waals surface area contributed by atoms with E-state index in [0.29, 0.717) is 6.54 Å². The number of hydrogen-bond acceptors (Lipinski definition) is 2. The molecule has 1 aliphatic rings. The Morgan fingerprint density at radius 1 is 0.786 bits per heavy atom. The first kappa shape index (κ1) is 18.0. The lowest BCUT2D eigenvalue weighted by molar-refractivity contribution is -0.145. The van der Waals surface area contributed by atoms with E-state index in [2.05, 4.69) is 5.32 Å². The maximum atomic E-state index is 13.4. The molecule has 0 bridgehead atoms. The number of amides is 2. The smallest absolute Gasteiger partial charge is 0.246 e. The minimum atomic E-state index is -0.630. The molecule has 3 aromatic carbocycles. The molecule has 0 aromatic heterocycles. The fourth-order valence-corrected chi connectivity index (χ4v) is 3.79. The Labute approximate surface area is 164 Å². The normalized spacial score (nSPS) is 16.9. The number of hydrogen-bond donors (Lipinski definition) is 1. The summed E-state index contributed by atoms with van der Waals surface area (Å²) >= 11 is 0. The van der Waals surface area contributed by atoms with Crippen LogP contribution in [0.2, 0.25) is 0 Å². The van der Waals surface area contributed by atoms with Gasteiger partial charge in [0.2, 0.25) is 11.8 Å². The average Bonchev–Trinajstić information content (AvgIpc) is 2.74. The molecule has 0 saturated carbocycles. The highest BCUT2D eigenvalue weighted by molar-refractivity contribution is 5.95. The monoisotopic (exact) mass is 370 g/mol. The van der Waals surface area contributed by atoms with Gasteiger partial charge in [-0.3, -0.25) is 9.59 Å². The number of carbonyl (C=O) groups excluding carboxylic acids is 2. The number of nitrogens with one attached hydrogen (secondary N) is 1. The summed E-state index contributed by atoms with van der Waals surface area (Å²) in [6.45, 7) is 0.514. The van der Waals surface area contributed by atoms with Crippen LogP contribution in [0.1, 0.15) is 22.6 Å². The van der Waals surface area contributed by atoms with Crippen molar-refractivity contribution in [3.8, 4) is 0 Å². The number of carbonyl (C=O) groups is 2. The van der Waals surface area contributed by atoms with Gasteiger partial charge in [-0.15, -0.1) is 0 Å². The Kier molecular flexibility index (Phi) is 5.20. The van der Waals surface area contributed by atoms with Crippen LogP contribution in [0.4, 0.5) is 0 Å². The van der Waals surface area contributed by atoms with Gasteiger partial charge in [-0.1, -0.05) is 91.0 Å². The standard InChI is InChI=1S/C24H22N2O2/c27-21-17-26(16-18-10-4-1-5-11-18)24(28)23(25-21)22(19-12-6-2-7-13-19)20-14-8-3-9-15-20/h1-15,22-23H,16-17H2,(H,25,27)/t23-/m1/s1. The third-order valence-electron chi connectivity index (χ3n) is 5.10. The van der Waals surface area contributed by atoms with Crippen molar-refractivity contribution in [3.05, 3.63) is 108 Å². The molecule has 1 aliphatic heterocycles. The summed E-state index contributed by atoms with van der Waals surface area (Å²) in [6, 6.07) is 28.9. The summed E-state index contributed by atoms with van der Waals surface area (Å²) in [5.41, 5.74) is 3.03. The SMILES string of the molecule is O=C1CN(Cc2ccccc2)C(=O)[C@@H](C(c2ccccc2)c2ccccc2)N1. The van der Waals surface area contributed by atoms with E-state index in [4.69, 9.17) is 0 Å². The molecule has 0 aliphatic carbocycles. The van der Waals surface area contributed by atoms with Gasteiger partial charge in [-0.05, 0) is 16.7 Å². The zero-order valence-electron chi connectivity index (χ0n) is 15.5. The lowest BCUT2D eigenvalue weighted by atomic mass is 9.83. The molecule has 0 unspecified atom stereocenters.